The van der Waals surface area contributed by atoms with E-state index in [2.05, 4.69) is 22.3 Å². The Morgan fingerprint density at radius 1 is 0.963 bits per heavy atom. The van der Waals surface area contributed by atoms with Crippen molar-refractivity contribution >= 4 is 37.5 Å². The molecule has 4 aromatic rings. The number of benzene rings is 3. The van der Waals surface area contributed by atoms with Gasteiger partial charge in [-0.3, -0.25) is 4.72 Å². The molecule has 0 saturated carbocycles. The molecule has 134 valence electrons. The third kappa shape index (κ3) is 2.92. The number of hydrogen-bond acceptors (Lipinski definition) is 3. The summed E-state index contributed by atoms with van der Waals surface area (Å²) < 4.78 is 30.2. The van der Waals surface area contributed by atoms with Crippen molar-refractivity contribution in [3.63, 3.8) is 0 Å². The summed E-state index contributed by atoms with van der Waals surface area (Å²) in [6.07, 6.45) is 0. The van der Waals surface area contributed by atoms with Gasteiger partial charge in [0.2, 0.25) is 0 Å². The van der Waals surface area contributed by atoms with Crippen molar-refractivity contribution in [2.45, 2.75) is 18.4 Å². The average Bonchev–Trinajstić information content (AvgIpc) is 3.01. The fourth-order valence-electron chi connectivity index (χ4n) is 3.40. The number of para-hydroxylation sites is 1. The molecule has 0 saturated heterocycles. The number of nitrogens with one attached hydrogen (secondary N) is 1. The van der Waals surface area contributed by atoms with Crippen LogP contribution in [0.1, 0.15) is 12.5 Å². The summed E-state index contributed by atoms with van der Waals surface area (Å²) in [5, 5.41) is 11.1. The smallest absolute Gasteiger partial charge is 0.261 e. The number of hydrogen-bond donors (Lipinski definition) is 1. The molecule has 0 spiro atoms. The van der Waals surface area contributed by atoms with Crippen LogP contribution in [0.5, 0.6) is 0 Å². The van der Waals surface area contributed by atoms with Crippen LogP contribution in [0.2, 0.25) is 0 Å². The Labute approximate surface area is 157 Å². The second-order valence-corrected chi connectivity index (χ2v) is 7.92. The molecule has 1 heterocycles. The van der Waals surface area contributed by atoms with Gasteiger partial charge in [-0.2, -0.15) is 5.26 Å². The van der Waals surface area contributed by atoms with E-state index in [1.807, 2.05) is 36.4 Å². The first-order valence-electron chi connectivity index (χ1n) is 8.57. The molecule has 4 rings (SSSR count). The van der Waals surface area contributed by atoms with Gasteiger partial charge < -0.3 is 4.57 Å². The van der Waals surface area contributed by atoms with Gasteiger partial charge in [-0.1, -0.05) is 24.3 Å². The monoisotopic (exact) mass is 375 g/mol. The number of nitriles is 1. The predicted molar refractivity (Wildman–Crippen MR) is 107 cm³/mol. The van der Waals surface area contributed by atoms with Crippen molar-refractivity contribution in [1.29, 1.82) is 5.26 Å². The summed E-state index contributed by atoms with van der Waals surface area (Å²) in [6.45, 7) is 2.92. The molecule has 5 nitrogen and oxygen atoms in total. The molecule has 27 heavy (non-hydrogen) atoms. The Morgan fingerprint density at radius 3 is 2.52 bits per heavy atom. The van der Waals surface area contributed by atoms with Crippen molar-refractivity contribution in [3.8, 4) is 6.07 Å². The van der Waals surface area contributed by atoms with E-state index < -0.39 is 10.0 Å². The minimum atomic E-state index is -3.77. The van der Waals surface area contributed by atoms with E-state index in [0.29, 0.717) is 11.3 Å². The van der Waals surface area contributed by atoms with Crippen LogP contribution < -0.4 is 4.72 Å². The first kappa shape index (κ1) is 17.1. The maximum absolute atomic E-state index is 12.7. The van der Waals surface area contributed by atoms with E-state index in [1.165, 1.54) is 12.1 Å². The van der Waals surface area contributed by atoms with Crippen molar-refractivity contribution in [2.75, 3.05) is 4.72 Å². The Kier molecular flexibility index (Phi) is 4.09. The van der Waals surface area contributed by atoms with Crippen LogP contribution in [0.15, 0.2) is 71.6 Å². The highest BCUT2D eigenvalue weighted by Gasteiger charge is 2.16. The fourth-order valence-corrected chi connectivity index (χ4v) is 4.50. The molecule has 0 aliphatic heterocycles. The molecule has 0 unspecified atom stereocenters. The highest BCUT2D eigenvalue weighted by molar-refractivity contribution is 7.92. The van der Waals surface area contributed by atoms with Gasteiger partial charge in [0.15, 0.2) is 0 Å². The van der Waals surface area contributed by atoms with Crippen molar-refractivity contribution < 1.29 is 8.42 Å². The minimum absolute atomic E-state index is 0.0673. The van der Waals surface area contributed by atoms with Gasteiger partial charge in [0.25, 0.3) is 10.0 Å². The second-order valence-electron chi connectivity index (χ2n) is 6.24. The van der Waals surface area contributed by atoms with Gasteiger partial charge in [0, 0.05) is 34.0 Å². The number of nitrogens with zero attached hydrogens (tertiary/aromatic N) is 2. The normalized spacial score (nSPS) is 11.6. The Hall–Kier alpha value is -3.30. The third-order valence-electron chi connectivity index (χ3n) is 4.61. The number of fused-ring (bicyclic) bond motifs is 3. The van der Waals surface area contributed by atoms with E-state index >= 15 is 0 Å². The van der Waals surface area contributed by atoms with E-state index in [-0.39, 0.29) is 4.90 Å². The molecule has 6 heteroatoms. The highest BCUT2D eigenvalue weighted by Crippen LogP contribution is 2.31. The molecule has 0 aliphatic rings. The SMILES string of the molecule is CCn1c2ccccc2c2cc(NS(=O)(=O)c3cccc(C#N)c3)ccc21. The Morgan fingerprint density at radius 2 is 1.74 bits per heavy atom. The fraction of sp³-hybridized carbons (Fsp3) is 0.0952. The molecule has 0 radical (unpaired) electrons. The predicted octanol–water partition coefficient (Wildman–Crippen LogP) is 4.49. The summed E-state index contributed by atoms with van der Waals surface area (Å²) in [5.74, 6) is 0. The third-order valence-corrected chi connectivity index (χ3v) is 5.99. The quantitative estimate of drug-likeness (QED) is 0.571. The van der Waals surface area contributed by atoms with Crippen LogP contribution in [-0.2, 0) is 16.6 Å². The van der Waals surface area contributed by atoms with Crippen molar-refractivity contribution in [1.82, 2.24) is 4.57 Å². The van der Waals surface area contributed by atoms with E-state index in [1.54, 1.807) is 18.2 Å². The molecular formula is C21H17N3O2S. The number of anilines is 1. The van der Waals surface area contributed by atoms with E-state index in [4.69, 9.17) is 5.26 Å². The Bertz CT molecular complexity index is 1310. The maximum Gasteiger partial charge on any atom is 0.261 e. The lowest BCUT2D eigenvalue weighted by molar-refractivity contribution is 0.601. The zero-order chi connectivity index (χ0) is 19.0. The van der Waals surface area contributed by atoms with Crippen LogP contribution in [0.25, 0.3) is 21.8 Å². The zero-order valence-electron chi connectivity index (χ0n) is 14.7. The second kappa shape index (κ2) is 6.45. The van der Waals surface area contributed by atoms with Gasteiger partial charge in [0.1, 0.15) is 0 Å². The topological polar surface area (TPSA) is 74.9 Å². The molecule has 3 aromatic carbocycles. The summed E-state index contributed by atoms with van der Waals surface area (Å²) in [5.41, 5.74) is 2.98. The van der Waals surface area contributed by atoms with Gasteiger partial charge >= 0.3 is 0 Å². The lowest BCUT2D eigenvalue weighted by atomic mass is 10.1. The lowest BCUT2D eigenvalue weighted by Crippen LogP contribution is -2.13. The van der Waals surface area contributed by atoms with Crippen molar-refractivity contribution in [3.05, 3.63) is 72.3 Å². The summed E-state index contributed by atoms with van der Waals surface area (Å²) in [7, 11) is -3.77. The molecule has 1 N–H and O–H groups in total. The largest absolute Gasteiger partial charge is 0.341 e. The standard InChI is InChI=1S/C21H17N3O2S/c1-2-24-20-9-4-3-8-18(20)19-13-16(10-11-21(19)24)23-27(25,26)17-7-5-6-15(12-17)14-22/h3-13,23H,2H2,1H3. The molecular weight excluding hydrogens is 358 g/mol. The van der Waals surface area contributed by atoms with Crippen LogP contribution in [0, 0.1) is 11.3 Å². The van der Waals surface area contributed by atoms with E-state index in [9.17, 15) is 8.42 Å². The molecule has 0 aliphatic carbocycles. The first-order chi connectivity index (χ1) is 13.0. The maximum atomic E-state index is 12.7. The zero-order valence-corrected chi connectivity index (χ0v) is 15.5. The molecule has 0 amide bonds. The van der Waals surface area contributed by atoms with Crippen LogP contribution in [0.4, 0.5) is 5.69 Å². The number of aryl methyl sites for hydroxylation is 1. The molecule has 0 bridgehead atoms. The summed E-state index contributed by atoms with van der Waals surface area (Å²) >= 11 is 0. The van der Waals surface area contributed by atoms with Crippen LogP contribution >= 0.6 is 0 Å². The van der Waals surface area contributed by atoms with Gasteiger partial charge in [-0.25, -0.2) is 8.42 Å². The molecule has 0 fully saturated rings. The van der Waals surface area contributed by atoms with Crippen LogP contribution in [0.3, 0.4) is 0 Å². The number of aromatic nitrogens is 1. The van der Waals surface area contributed by atoms with Gasteiger partial charge in [0.05, 0.1) is 16.5 Å². The molecule has 0 atom stereocenters. The van der Waals surface area contributed by atoms with Crippen LogP contribution in [-0.4, -0.2) is 13.0 Å². The lowest BCUT2D eigenvalue weighted by Gasteiger charge is -2.09. The first-order valence-corrected chi connectivity index (χ1v) is 10.1. The van der Waals surface area contributed by atoms with Gasteiger partial charge in [-0.05, 0) is 49.4 Å². The Balaban J connectivity index is 1.81. The van der Waals surface area contributed by atoms with Gasteiger partial charge in [-0.15, -0.1) is 0 Å². The highest BCUT2D eigenvalue weighted by atomic mass is 32.2. The number of rotatable bonds is 4. The van der Waals surface area contributed by atoms with Crippen molar-refractivity contribution in [2.24, 2.45) is 0 Å². The molecule has 1 aromatic heterocycles. The average molecular weight is 375 g/mol. The minimum Gasteiger partial charge on any atom is -0.341 e. The summed E-state index contributed by atoms with van der Waals surface area (Å²) in [4.78, 5) is 0.0673. The van der Waals surface area contributed by atoms with E-state index in [0.717, 1.165) is 28.4 Å². The summed E-state index contributed by atoms with van der Waals surface area (Å²) in [6, 6.07) is 21.6. The number of sulfonamides is 1.